The van der Waals surface area contributed by atoms with E-state index in [0.717, 1.165) is 19.3 Å². The minimum Gasteiger partial charge on any atom is -0.479 e. The maximum absolute atomic E-state index is 12.9. The molecule has 1 aliphatic heterocycles. The van der Waals surface area contributed by atoms with E-state index >= 15 is 0 Å². The highest BCUT2D eigenvalue weighted by Gasteiger charge is 2.29. The van der Waals surface area contributed by atoms with Crippen LogP contribution < -0.4 is 10.1 Å². The van der Waals surface area contributed by atoms with Crippen LogP contribution in [0.15, 0.2) is 42.5 Å². The predicted molar refractivity (Wildman–Crippen MR) is 121 cm³/mol. The Morgan fingerprint density at radius 2 is 1.70 bits per heavy atom. The van der Waals surface area contributed by atoms with Crippen molar-refractivity contribution in [3.05, 3.63) is 58.1 Å². The van der Waals surface area contributed by atoms with Crippen LogP contribution in [0.5, 0.6) is 5.75 Å². The van der Waals surface area contributed by atoms with Crippen molar-refractivity contribution in [1.29, 1.82) is 0 Å². The summed E-state index contributed by atoms with van der Waals surface area (Å²) in [6, 6.07) is 12.2. The molecule has 3 atom stereocenters. The normalized spacial score (nSPS) is 19.8. The van der Waals surface area contributed by atoms with Crippen LogP contribution >= 0.6 is 23.2 Å². The molecule has 5 nitrogen and oxygen atoms in total. The van der Waals surface area contributed by atoms with Crippen molar-refractivity contribution < 1.29 is 14.3 Å². The molecule has 1 saturated heterocycles. The smallest absolute Gasteiger partial charge is 0.265 e. The fourth-order valence-electron chi connectivity index (χ4n) is 3.73. The second kappa shape index (κ2) is 9.71. The summed E-state index contributed by atoms with van der Waals surface area (Å²) in [5.74, 6) is 0.0921. The van der Waals surface area contributed by atoms with Gasteiger partial charge < -0.3 is 15.0 Å². The van der Waals surface area contributed by atoms with Crippen LogP contribution in [-0.2, 0) is 4.79 Å². The number of nitrogens with zero attached hydrogens (tertiary/aromatic N) is 1. The largest absolute Gasteiger partial charge is 0.479 e. The van der Waals surface area contributed by atoms with Crippen molar-refractivity contribution in [2.45, 2.75) is 58.2 Å². The van der Waals surface area contributed by atoms with Crippen LogP contribution in [0.3, 0.4) is 0 Å². The number of hydrogen-bond acceptors (Lipinski definition) is 3. The summed E-state index contributed by atoms with van der Waals surface area (Å²) in [6.45, 7) is 5.82. The van der Waals surface area contributed by atoms with E-state index in [-0.39, 0.29) is 23.9 Å². The SMILES string of the molecule is C[C@@H]1CCC[C@@H](C)N1C(=O)c1ccc(NC(=O)[C@@H](C)Oc2ccc(Cl)cc2Cl)cc1. The topological polar surface area (TPSA) is 58.6 Å². The molecule has 0 spiro atoms. The van der Waals surface area contributed by atoms with E-state index in [9.17, 15) is 9.59 Å². The molecular formula is C23H26Cl2N2O3. The predicted octanol–water partition coefficient (Wildman–Crippen LogP) is 5.80. The van der Waals surface area contributed by atoms with E-state index in [1.165, 1.54) is 0 Å². The molecule has 1 fully saturated rings. The molecule has 0 bridgehead atoms. The lowest BCUT2D eigenvalue weighted by molar-refractivity contribution is -0.122. The molecule has 1 heterocycles. The van der Waals surface area contributed by atoms with Gasteiger partial charge in [-0.2, -0.15) is 0 Å². The highest BCUT2D eigenvalue weighted by atomic mass is 35.5. The van der Waals surface area contributed by atoms with Gasteiger partial charge in [0.2, 0.25) is 0 Å². The van der Waals surface area contributed by atoms with Gasteiger partial charge in [-0.25, -0.2) is 0 Å². The number of carbonyl (C=O) groups excluding carboxylic acids is 2. The number of ether oxygens (including phenoxy) is 1. The Hall–Kier alpha value is -2.24. The molecule has 2 aromatic rings. The number of hydrogen-bond donors (Lipinski definition) is 1. The molecule has 0 aliphatic carbocycles. The van der Waals surface area contributed by atoms with Crippen molar-refractivity contribution in [3.63, 3.8) is 0 Å². The molecule has 30 heavy (non-hydrogen) atoms. The first kappa shape index (κ1) is 22.4. The van der Waals surface area contributed by atoms with E-state index in [2.05, 4.69) is 19.2 Å². The standard InChI is InChI=1S/C23H26Cl2N2O3/c1-14-5-4-6-15(2)27(14)23(29)17-7-10-19(11-8-17)26-22(28)16(3)30-21-12-9-18(24)13-20(21)25/h7-16H,4-6H2,1-3H3,(H,26,28)/t14-,15-,16-/m1/s1. The van der Waals surface area contributed by atoms with Gasteiger partial charge in [-0.15, -0.1) is 0 Å². The number of piperidine rings is 1. The lowest BCUT2D eigenvalue weighted by atomic mass is 9.96. The quantitative estimate of drug-likeness (QED) is 0.628. The minimum absolute atomic E-state index is 0.0293. The van der Waals surface area contributed by atoms with Gasteiger partial charge in [-0.05, 0) is 82.5 Å². The Morgan fingerprint density at radius 1 is 1.07 bits per heavy atom. The van der Waals surface area contributed by atoms with Gasteiger partial charge in [0.25, 0.3) is 11.8 Å². The summed E-state index contributed by atoms with van der Waals surface area (Å²) in [6.07, 6.45) is 2.44. The number of carbonyl (C=O) groups is 2. The maximum Gasteiger partial charge on any atom is 0.265 e. The molecule has 1 aliphatic rings. The van der Waals surface area contributed by atoms with E-state index < -0.39 is 6.10 Å². The van der Waals surface area contributed by atoms with Crippen LogP contribution in [0.1, 0.15) is 50.4 Å². The summed E-state index contributed by atoms with van der Waals surface area (Å²) in [5.41, 5.74) is 1.21. The Balaban J connectivity index is 1.62. The number of nitrogens with one attached hydrogen (secondary N) is 1. The van der Waals surface area contributed by atoms with Gasteiger partial charge in [0.15, 0.2) is 6.10 Å². The minimum atomic E-state index is -0.764. The fraction of sp³-hybridized carbons (Fsp3) is 0.391. The van der Waals surface area contributed by atoms with Crippen molar-refractivity contribution in [2.75, 3.05) is 5.32 Å². The van der Waals surface area contributed by atoms with Crippen molar-refractivity contribution >= 4 is 40.7 Å². The van der Waals surface area contributed by atoms with Gasteiger partial charge in [0.1, 0.15) is 5.75 Å². The van der Waals surface area contributed by atoms with Crippen molar-refractivity contribution in [1.82, 2.24) is 4.90 Å². The van der Waals surface area contributed by atoms with Gasteiger partial charge in [-0.1, -0.05) is 23.2 Å². The average molecular weight is 449 g/mol. The summed E-state index contributed by atoms with van der Waals surface area (Å²) in [7, 11) is 0. The van der Waals surface area contributed by atoms with E-state index in [0.29, 0.717) is 27.0 Å². The zero-order chi connectivity index (χ0) is 21.8. The first-order chi connectivity index (χ1) is 14.3. The highest BCUT2D eigenvalue weighted by Crippen LogP contribution is 2.29. The second-order valence-electron chi connectivity index (χ2n) is 7.74. The first-order valence-electron chi connectivity index (χ1n) is 10.1. The third-order valence-corrected chi connectivity index (χ3v) is 5.92. The zero-order valence-electron chi connectivity index (χ0n) is 17.3. The lowest BCUT2D eigenvalue weighted by Crippen LogP contribution is -2.47. The summed E-state index contributed by atoms with van der Waals surface area (Å²) >= 11 is 12.0. The number of amides is 2. The van der Waals surface area contributed by atoms with Gasteiger partial charge in [0.05, 0.1) is 5.02 Å². The van der Waals surface area contributed by atoms with Crippen LogP contribution in [-0.4, -0.2) is 34.9 Å². The van der Waals surface area contributed by atoms with E-state index in [1.807, 2.05) is 4.90 Å². The molecule has 2 amide bonds. The zero-order valence-corrected chi connectivity index (χ0v) is 18.8. The van der Waals surface area contributed by atoms with E-state index in [1.54, 1.807) is 49.4 Å². The molecular weight excluding hydrogens is 423 g/mol. The molecule has 0 radical (unpaired) electrons. The number of anilines is 1. The van der Waals surface area contributed by atoms with Gasteiger partial charge in [-0.3, -0.25) is 9.59 Å². The van der Waals surface area contributed by atoms with E-state index in [4.69, 9.17) is 27.9 Å². The molecule has 7 heteroatoms. The van der Waals surface area contributed by atoms with Crippen LogP contribution in [0.4, 0.5) is 5.69 Å². The monoisotopic (exact) mass is 448 g/mol. The van der Waals surface area contributed by atoms with Crippen LogP contribution in [0.25, 0.3) is 0 Å². The molecule has 1 N–H and O–H groups in total. The highest BCUT2D eigenvalue weighted by molar-refractivity contribution is 6.35. The third-order valence-electron chi connectivity index (χ3n) is 5.39. The van der Waals surface area contributed by atoms with Gasteiger partial charge >= 0.3 is 0 Å². The molecule has 160 valence electrons. The number of likely N-dealkylation sites (tertiary alicyclic amines) is 1. The summed E-state index contributed by atoms with van der Waals surface area (Å²) < 4.78 is 5.64. The lowest BCUT2D eigenvalue weighted by Gasteiger charge is -2.39. The average Bonchev–Trinajstić information content (AvgIpc) is 2.70. The van der Waals surface area contributed by atoms with Crippen molar-refractivity contribution in [2.24, 2.45) is 0 Å². The van der Waals surface area contributed by atoms with Crippen molar-refractivity contribution in [3.8, 4) is 5.75 Å². The Morgan fingerprint density at radius 3 is 2.30 bits per heavy atom. The Bertz CT molecular complexity index is 907. The first-order valence-corrected chi connectivity index (χ1v) is 10.9. The molecule has 0 saturated carbocycles. The summed E-state index contributed by atoms with van der Waals surface area (Å²) in [4.78, 5) is 27.3. The Labute approximate surface area is 187 Å². The van der Waals surface area contributed by atoms with Crippen LogP contribution in [0, 0.1) is 0 Å². The van der Waals surface area contributed by atoms with Crippen LogP contribution in [0.2, 0.25) is 10.0 Å². The molecule has 0 unspecified atom stereocenters. The summed E-state index contributed by atoms with van der Waals surface area (Å²) in [5, 5.41) is 3.63. The Kier molecular flexibility index (Phi) is 7.27. The number of halogens is 2. The number of benzene rings is 2. The molecule has 3 rings (SSSR count). The molecule has 2 aromatic carbocycles. The third kappa shape index (κ3) is 5.27. The second-order valence-corrected chi connectivity index (χ2v) is 8.59. The number of rotatable bonds is 5. The fourth-order valence-corrected chi connectivity index (χ4v) is 4.18. The maximum atomic E-state index is 12.9. The molecule has 0 aromatic heterocycles. The van der Waals surface area contributed by atoms with Gasteiger partial charge in [0, 0.05) is 28.4 Å².